The van der Waals surface area contributed by atoms with Gasteiger partial charge in [-0.15, -0.1) is 0 Å². The lowest BCUT2D eigenvalue weighted by molar-refractivity contribution is -0.136. The number of hydrogen-bond acceptors (Lipinski definition) is 5. The first-order chi connectivity index (χ1) is 13.6. The molecule has 2 aliphatic rings. The van der Waals surface area contributed by atoms with Crippen LogP contribution in [0.25, 0.3) is 0 Å². The van der Waals surface area contributed by atoms with Gasteiger partial charge in [-0.05, 0) is 42.2 Å². The first kappa shape index (κ1) is 18.1. The molecule has 1 amide bonds. The second kappa shape index (κ2) is 6.71. The molecule has 1 N–H and O–H groups in total. The maximum Gasteiger partial charge on any atom is 0.335 e. The van der Waals surface area contributed by atoms with E-state index in [4.69, 9.17) is 14.2 Å². The van der Waals surface area contributed by atoms with Crippen molar-refractivity contribution >= 4 is 11.9 Å². The summed E-state index contributed by atoms with van der Waals surface area (Å²) in [5.41, 5.74) is 2.84. The Morgan fingerprint density at radius 3 is 2.50 bits per heavy atom. The predicted octanol–water partition coefficient (Wildman–Crippen LogP) is 2.95. The average Bonchev–Trinajstić information content (AvgIpc) is 3.13. The van der Waals surface area contributed by atoms with E-state index in [2.05, 4.69) is 5.32 Å². The van der Waals surface area contributed by atoms with E-state index in [9.17, 15) is 9.59 Å². The van der Waals surface area contributed by atoms with Crippen LogP contribution in [0.2, 0.25) is 0 Å². The third kappa shape index (κ3) is 2.41. The Kier molecular flexibility index (Phi) is 4.34. The molecule has 1 aliphatic heterocycles. The van der Waals surface area contributed by atoms with Gasteiger partial charge in [-0.1, -0.05) is 24.3 Å². The Hall–Kier alpha value is -3.28. The van der Waals surface area contributed by atoms with Crippen LogP contribution in [0.1, 0.15) is 34.3 Å². The van der Waals surface area contributed by atoms with Crippen molar-refractivity contribution in [2.75, 3.05) is 21.3 Å². The van der Waals surface area contributed by atoms with Crippen molar-refractivity contribution in [1.29, 1.82) is 0 Å². The number of benzene rings is 2. The van der Waals surface area contributed by atoms with Crippen molar-refractivity contribution in [3.8, 4) is 11.5 Å². The molecule has 0 bridgehead atoms. The molecule has 1 aliphatic carbocycles. The Morgan fingerprint density at radius 2 is 1.79 bits per heavy atom. The summed E-state index contributed by atoms with van der Waals surface area (Å²) in [4.78, 5) is 25.1. The van der Waals surface area contributed by atoms with Crippen molar-refractivity contribution in [2.45, 2.75) is 18.3 Å². The number of carbonyl (C=O) groups is 2. The van der Waals surface area contributed by atoms with Crippen LogP contribution < -0.4 is 14.8 Å². The van der Waals surface area contributed by atoms with Gasteiger partial charge >= 0.3 is 5.97 Å². The number of allylic oxidation sites excluding steroid dienone is 1. The number of nitrogens with one attached hydrogen (secondary N) is 1. The normalized spacial score (nSPS) is 20.2. The van der Waals surface area contributed by atoms with Gasteiger partial charge in [0.25, 0.3) is 5.91 Å². The van der Waals surface area contributed by atoms with E-state index in [-0.39, 0.29) is 5.91 Å². The molecule has 0 spiro atoms. The molecule has 2 aromatic carbocycles. The number of carbonyl (C=O) groups excluding carboxylic acids is 2. The molecular weight excluding hydrogens is 358 g/mol. The van der Waals surface area contributed by atoms with Crippen LogP contribution in [0.15, 0.2) is 53.7 Å². The average molecular weight is 379 g/mol. The largest absolute Gasteiger partial charge is 0.493 e. The van der Waals surface area contributed by atoms with Crippen molar-refractivity contribution in [3.63, 3.8) is 0 Å². The fourth-order valence-corrected chi connectivity index (χ4v) is 4.38. The molecule has 6 nitrogen and oxygen atoms in total. The van der Waals surface area contributed by atoms with Gasteiger partial charge in [0.15, 0.2) is 11.5 Å². The highest BCUT2D eigenvalue weighted by molar-refractivity contribution is 6.02. The van der Waals surface area contributed by atoms with Crippen LogP contribution in [-0.2, 0) is 14.9 Å². The van der Waals surface area contributed by atoms with E-state index in [1.807, 2.05) is 36.4 Å². The van der Waals surface area contributed by atoms with Crippen molar-refractivity contribution in [2.24, 2.45) is 0 Å². The zero-order valence-electron chi connectivity index (χ0n) is 16.0. The summed E-state index contributed by atoms with van der Waals surface area (Å²) >= 11 is 0. The van der Waals surface area contributed by atoms with Crippen LogP contribution >= 0.6 is 0 Å². The van der Waals surface area contributed by atoms with Crippen molar-refractivity contribution in [1.82, 2.24) is 5.32 Å². The second-order valence-electron chi connectivity index (χ2n) is 6.82. The van der Waals surface area contributed by atoms with Crippen LogP contribution in [0, 0.1) is 0 Å². The summed E-state index contributed by atoms with van der Waals surface area (Å²) in [6.45, 7) is 0. The molecule has 1 heterocycles. The van der Waals surface area contributed by atoms with E-state index in [0.29, 0.717) is 41.2 Å². The number of fused-ring (bicyclic) bond motifs is 3. The number of methoxy groups -OCH3 is 3. The number of ether oxygens (including phenoxy) is 3. The highest BCUT2D eigenvalue weighted by atomic mass is 16.5. The van der Waals surface area contributed by atoms with Gasteiger partial charge in [0.1, 0.15) is 0 Å². The molecule has 144 valence electrons. The van der Waals surface area contributed by atoms with Crippen molar-refractivity contribution in [3.05, 3.63) is 70.4 Å². The van der Waals surface area contributed by atoms with Gasteiger partial charge < -0.3 is 19.5 Å². The second-order valence-corrected chi connectivity index (χ2v) is 6.82. The lowest BCUT2D eigenvalue weighted by Crippen LogP contribution is -2.44. The van der Waals surface area contributed by atoms with Crippen LogP contribution in [-0.4, -0.2) is 33.2 Å². The zero-order chi connectivity index (χ0) is 19.9. The molecule has 1 atom stereocenters. The Balaban J connectivity index is 2.03. The Bertz CT molecular complexity index is 1010. The van der Waals surface area contributed by atoms with Crippen molar-refractivity contribution < 1.29 is 23.8 Å². The smallest absolute Gasteiger partial charge is 0.335 e. The van der Waals surface area contributed by atoms with E-state index in [1.165, 1.54) is 7.11 Å². The highest BCUT2D eigenvalue weighted by Crippen LogP contribution is 2.53. The molecule has 0 fully saturated rings. The topological polar surface area (TPSA) is 73.9 Å². The number of hydrogen-bond donors (Lipinski definition) is 1. The van der Waals surface area contributed by atoms with E-state index in [1.54, 1.807) is 20.3 Å². The number of esters is 1. The molecule has 28 heavy (non-hydrogen) atoms. The van der Waals surface area contributed by atoms with Gasteiger partial charge in [0, 0.05) is 11.3 Å². The number of rotatable bonds is 4. The van der Waals surface area contributed by atoms with Gasteiger partial charge in [0.05, 0.1) is 32.3 Å². The van der Waals surface area contributed by atoms with E-state index in [0.717, 1.165) is 11.1 Å². The number of amides is 1. The molecule has 1 unspecified atom stereocenters. The molecule has 4 rings (SSSR count). The van der Waals surface area contributed by atoms with Gasteiger partial charge in [0.2, 0.25) is 0 Å². The molecule has 0 saturated heterocycles. The standard InChI is InChI=1S/C22H21NO5/c1-26-17-9-8-13(12-18(17)27-2)22-11-10-15(21(25)28-3)19(22)23-20(24)14-6-4-5-7-16(14)22/h4-9,12H,10-11H2,1-3H3,(H,23,24). The summed E-state index contributed by atoms with van der Waals surface area (Å²) in [6, 6.07) is 13.2. The lowest BCUT2D eigenvalue weighted by Gasteiger charge is -2.39. The molecule has 0 aromatic heterocycles. The van der Waals surface area contributed by atoms with Crippen LogP contribution in [0.4, 0.5) is 0 Å². The predicted molar refractivity (Wildman–Crippen MR) is 103 cm³/mol. The monoisotopic (exact) mass is 379 g/mol. The summed E-state index contributed by atoms with van der Waals surface area (Å²) in [5, 5.41) is 2.97. The quantitative estimate of drug-likeness (QED) is 0.827. The van der Waals surface area contributed by atoms with E-state index >= 15 is 0 Å². The molecule has 6 heteroatoms. The third-order valence-corrected chi connectivity index (χ3v) is 5.66. The fourth-order valence-electron chi connectivity index (χ4n) is 4.38. The Labute approximate surface area is 163 Å². The highest BCUT2D eigenvalue weighted by Gasteiger charge is 2.51. The Morgan fingerprint density at radius 1 is 1.04 bits per heavy atom. The maximum absolute atomic E-state index is 12.7. The summed E-state index contributed by atoms with van der Waals surface area (Å²) in [7, 11) is 4.52. The fraction of sp³-hybridized carbons (Fsp3) is 0.273. The minimum atomic E-state index is -0.659. The molecule has 0 saturated carbocycles. The first-order valence-corrected chi connectivity index (χ1v) is 9.02. The SMILES string of the molecule is COC(=O)C1=C2NC(=O)c3ccccc3C2(c2ccc(OC)c(OC)c2)CC1. The summed E-state index contributed by atoms with van der Waals surface area (Å²) in [6.07, 6.45) is 1.14. The molecule has 0 radical (unpaired) electrons. The van der Waals surface area contributed by atoms with Gasteiger partial charge in [-0.2, -0.15) is 0 Å². The maximum atomic E-state index is 12.7. The van der Waals surface area contributed by atoms with Gasteiger partial charge in [-0.25, -0.2) is 4.79 Å². The van der Waals surface area contributed by atoms with Gasteiger partial charge in [-0.3, -0.25) is 4.79 Å². The summed E-state index contributed by atoms with van der Waals surface area (Å²) < 4.78 is 15.8. The molecular formula is C22H21NO5. The van der Waals surface area contributed by atoms with E-state index < -0.39 is 11.4 Å². The lowest BCUT2D eigenvalue weighted by atomic mass is 9.68. The zero-order valence-corrected chi connectivity index (χ0v) is 16.0. The minimum absolute atomic E-state index is 0.218. The first-order valence-electron chi connectivity index (χ1n) is 9.02. The minimum Gasteiger partial charge on any atom is -0.493 e. The molecule has 2 aromatic rings. The van der Waals surface area contributed by atoms with Crippen LogP contribution in [0.5, 0.6) is 11.5 Å². The third-order valence-electron chi connectivity index (χ3n) is 5.66. The summed E-state index contributed by atoms with van der Waals surface area (Å²) in [5.74, 6) is 0.573. The van der Waals surface area contributed by atoms with Crippen LogP contribution in [0.3, 0.4) is 0 Å².